The Bertz CT molecular complexity index is 568. The molecular formula is C21H33NO5. The van der Waals surface area contributed by atoms with Gasteiger partial charge in [-0.3, -0.25) is 9.59 Å². The maximum absolute atomic E-state index is 12.1. The van der Waals surface area contributed by atoms with Crippen LogP contribution in [0, 0.1) is 5.41 Å². The Kier molecular flexibility index (Phi) is 10.0. The number of ether oxygens (including phenoxy) is 2. The smallest absolute Gasteiger partial charge is 0.323 e. The SMILES string of the molecule is COC(=O)[C@@H](NC(CCCOCc1ccccc1)CCC(=O)O)C(C)(C)C. The number of carbonyl (C=O) groups is 2. The van der Waals surface area contributed by atoms with Crippen LogP contribution in [0.3, 0.4) is 0 Å². The highest BCUT2D eigenvalue weighted by atomic mass is 16.5. The van der Waals surface area contributed by atoms with Gasteiger partial charge >= 0.3 is 11.9 Å². The molecule has 0 spiro atoms. The minimum absolute atomic E-state index is 0.0561. The van der Waals surface area contributed by atoms with Crippen molar-refractivity contribution in [3.8, 4) is 0 Å². The van der Waals surface area contributed by atoms with Gasteiger partial charge < -0.3 is 19.9 Å². The zero-order valence-corrected chi connectivity index (χ0v) is 16.9. The van der Waals surface area contributed by atoms with Crippen molar-refractivity contribution in [1.29, 1.82) is 0 Å². The predicted octanol–water partition coefficient (Wildman–Crippen LogP) is 3.39. The molecule has 2 atom stereocenters. The van der Waals surface area contributed by atoms with Crippen LogP contribution >= 0.6 is 0 Å². The lowest BCUT2D eigenvalue weighted by atomic mass is 9.85. The van der Waals surface area contributed by atoms with E-state index < -0.39 is 12.0 Å². The average molecular weight is 379 g/mol. The van der Waals surface area contributed by atoms with Crippen molar-refractivity contribution >= 4 is 11.9 Å². The van der Waals surface area contributed by atoms with E-state index >= 15 is 0 Å². The van der Waals surface area contributed by atoms with E-state index in [2.05, 4.69) is 5.32 Å². The second kappa shape index (κ2) is 11.7. The Morgan fingerprint density at radius 3 is 2.37 bits per heavy atom. The van der Waals surface area contributed by atoms with Gasteiger partial charge in [-0.15, -0.1) is 0 Å². The van der Waals surface area contributed by atoms with Crippen LogP contribution in [-0.4, -0.2) is 42.8 Å². The number of carboxylic acids is 1. The number of nitrogens with one attached hydrogen (secondary N) is 1. The van der Waals surface area contributed by atoms with E-state index in [-0.39, 0.29) is 23.8 Å². The van der Waals surface area contributed by atoms with Crippen LogP contribution in [0.2, 0.25) is 0 Å². The lowest BCUT2D eigenvalue weighted by Gasteiger charge is -2.33. The minimum Gasteiger partial charge on any atom is -0.481 e. The zero-order valence-electron chi connectivity index (χ0n) is 16.9. The molecule has 6 nitrogen and oxygen atoms in total. The fourth-order valence-electron chi connectivity index (χ4n) is 2.83. The summed E-state index contributed by atoms with van der Waals surface area (Å²) in [6, 6.07) is 9.36. The number of carboxylic acid groups (broad SMARTS) is 1. The van der Waals surface area contributed by atoms with Crippen molar-refractivity contribution in [2.75, 3.05) is 13.7 Å². The molecule has 1 rings (SSSR count). The highest BCUT2D eigenvalue weighted by molar-refractivity contribution is 5.76. The van der Waals surface area contributed by atoms with Gasteiger partial charge in [0.05, 0.1) is 13.7 Å². The first-order valence-corrected chi connectivity index (χ1v) is 9.41. The normalized spacial score (nSPS) is 13.8. The highest BCUT2D eigenvalue weighted by Crippen LogP contribution is 2.22. The van der Waals surface area contributed by atoms with Crippen molar-refractivity contribution in [1.82, 2.24) is 5.32 Å². The van der Waals surface area contributed by atoms with Crippen molar-refractivity contribution in [3.63, 3.8) is 0 Å². The summed E-state index contributed by atoms with van der Waals surface area (Å²) in [6.07, 6.45) is 2.02. The van der Waals surface area contributed by atoms with Gasteiger partial charge in [0, 0.05) is 19.1 Å². The molecule has 27 heavy (non-hydrogen) atoms. The third-order valence-electron chi connectivity index (χ3n) is 4.36. The summed E-state index contributed by atoms with van der Waals surface area (Å²) in [5, 5.41) is 12.3. The molecule has 0 bridgehead atoms. The summed E-state index contributed by atoms with van der Waals surface area (Å²) in [4.78, 5) is 23.1. The number of hydrogen-bond donors (Lipinski definition) is 2. The fourth-order valence-corrected chi connectivity index (χ4v) is 2.83. The molecule has 0 fully saturated rings. The van der Waals surface area contributed by atoms with Gasteiger partial charge in [-0.25, -0.2) is 0 Å². The number of benzene rings is 1. The van der Waals surface area contributed by atoms with Crippen LogP contribution in [0.5, 0.6) is 0 Å². The van der Waals surface area contributed by atoms with Crippen LogP contribution in [0.25, 0.3) is 0 Å². The van der Waals surface area contributed by atoms with Gasteiger partial charge in [0.25, 0.3) is 0 Å². The number of rotatable bonds is 12. The van der Waals surface area contributed by atoms with E-state index in [0.29, 0.717) is 19.6 Å². The second-order valence-electron chi connectivity index (χ2n) is 7.80. The van der Waals surface area contributed by atoms with E-state index in [1.165, 1.54) is 7.11 Å². The quantitative estimate of drug-likeness (QED) is 0.428. The molecule has 0 heterocycles. The molecule has 152 valence electrons. The lowest BCUT2D eigenvalue weighted by Crippen LogP contribution is -2.51. The Balaban J connectivity index is 2.54. The molecule has 6 heteroatoms. The standard InChI is InChI=1S/C21H33NO5/c1-21(2,3)19(20(25)26-4)22-17(12-13-18(23)24)11-8-14-27-15-16-9-6-5-7-10-16/h5-7,9-10,17,19,22H,8,11-15H2,1-4H3,(H,23,24)/t17?,19-/m1/s1. The summed E-state index contributed by atoms with van der Waals surface area (Å²) >= 11 is 0. The molecule has 0 aliphatic rings. The molecule has 2 N–H and O–H groups in total. The van der Waals surface area contributed by atoms with E-state index in [1.807, 2.05) is 51.1 Å². The summed E-state index contributed by atoms with van der Waals surface area (Å²) in [5.41, 5.74) is 0.787. The monoisotopic (exact) mass is 379 g/mol. The first kappa shape index (κ1) is 23.1. The van der Waals surface area contributed by atoms with E-state index in [0.717, 1.165) is 18.4 Å². The molecule has 1 aromatic carbocycles. The molecule has 0 aliphatic heterocycles. The van der Waals surface area contributed by atoms with Gasteiger partial charge in [0.1, 0.15) is 6.04 Å². The van der Waals surface area contributed by atoms with Crippen LogP contribution in [-0.2, 0) is 25.7 Å². The van der Waals surface area contributed by atoms with Gasteiger partial charge in [0.15, 0.2) is 0 Å². The van der Waals surface area contributed by atoms with Crippen LogP contribution in [0.1, 0.15) is 52.0 Å². The first-order chi connectivity index (χ1) is 12.7. The molecular weight excluding hydrogens is 346 g/mol. The number of methoxy groups -OCH3 is 1. The highest BCUT2D eigenvalue weighted by Gasteiger charge is 2.33. The van der Waals surface area contributed by atoms with Gasteiger partial charge in [0.2, 0.25) is 0 Å². The lowest BCUT2D eigenvalue weighted by molar-refractivity contribution is -0.146. The Labute approximate surface area is 162 Å². The van der Waals surface area contributed by atoms with E-state index in [1.54, 1.807) is 0 Å². The van der Waals surface area contributed by atoms with Gasteiger partial charge in [-0.05, 0) is 30.2 Å². The maximum Gasteiger partial charge on any atom is 0.323 e. The number of aliphatic carboxylic acids is 1. The fraction of sp³-hybridized carbons (Fsp3) is 0.619. The van der Waals surface area contributed by atoms with Crippen molar-refractivity contribution in [3.05, 3.63) is 35.9 Å². The molecule has 0 aromatic heterocycles. The van der Waals surface area contributed by atoms with Crippen LogP contribution in [0.4, 0.5) is 0 Å². The maximum atomic E-state index is 12.1. The summed E-state index contributed by atoms with van der Waals surface area (Å²) in [6.45, 7) is 7.01. The Morgan fingerprint density at radius 1 is 1.15 bits per heavy atom. The van der Waals surface area contributed by atoms with Crippen LogP contribution in [0.15, 0.2) is 30.3 Å². The molecule has 0 radical (unpaired) electrons. The largest absolute Gasteiger partial charge is 0.481 e. The third-order valence-corrected chi connectivity index (χ3v) is 4.36. The minimum atomic E-state index is -0.840. The third kappa shape index (κ3) is 9.54. The molecule has 1 aromatic rings. The first-order valence-electron chi connectivity index (χ1n) is 9.41. The average Bonchev–Trinajstić information content (AvgIpc) is 2.62. The molecule has 1 unspecified atom stereocenters. The molecule has 0 aliphatic carbocycles. The number of esters is 1. The zero-order chi connectivity index (χ0) is 20.3. The number of carbonyl (C=O) groups excluding carboxylic acids is 1. The van der Waals surface area contributed by atoms with Crippen molar-refractivity contribution < 1.29 is 24.2 Å². The Hall–Kier alpha value is -1.92. The topological polar surface area (TPSA) is 84.9 Å². The number of hydrogen-bond acceptors (Lipinski definition) is 5. The van der Waals surface area contributed by atoms with Crippen LogP contribution < -0.4 is 5.32 Å². The summed E-state index contributed by atoms with van der Waals surface area (Å²) < 4.78 is 10.6. The molecule has 0 amide bonds. The summed E-state index contributed by atoms with van der Waals surface area (Å²) in [5.74, 6) is -1.17. The second-order valence-corrected chi connectivity index (χ2v) is 7.80. The molecule has 0 saturated heterocycles. The Morgan fingerprint density at radius 2 is 1.81 bits per heavy atom. The van der Waals surface area contributed by atoms with Crippen molar-refractivity contribution in [2.24, 2.45) is 5.41 Å². The predicted molar refractivity (Wildman–Crippen MR) is 104 cm³/mol. The summed E-state index contributed by atoms with van der Waals surface area (Å²) in [7, 11) is 1.37. The van der Waals surface area contributed by atoms with E-state index in [9.17, 15) is 9.59 Å². The van der Waals surface area contributed by atoms with Gasteiger partial charge in [-0.2, -0.15) is 0 Å². The van der Waals surface area contributed by atoms with Crippen molar-refractivity contribution in [2.45, 2.75) is 65.1 Å². The van der Waals surface area contributed by atoms with E-state index in [4.69, 9.17) is 14.6 Å². The van der Waals surface area contributed by atoms with Gasteiger partial charge in [-0.1, -0.05) is 51.1 Å². The molecule has 0 saturated carbocycles.